The van der Waals surface area contributed by atoms with Crippen molar-refractivity contribution in [1.82, 2.24) is 10.3 Å². The van der Waals surface area contributed by atoms with E-state index in [4.69, 9.17) is 0 Å². The normalized spacial score (nSPS) is 25.1. The fourth-order valence-electron chi connectivity index (χ4n) is 2.35. The molecule has 2 rings (SSSR count). The van der Waals surface area contributed by atoms with Crippen LogP contribution in [0.3, 0.4) is 0 Å². The molecule has 0 bridgehead atoms. The molecular weight excluding hydrogens is 232 g/mol. The van der Waals surface area contributed by atoms with Gasteiger partial charge in [0.1, 0.15) is 0 Å². The molecule has 1 aromatic rings. The number of aliphatic hydroxyl groups is 1. The summed E-state index contributed by atoms with van der Waals surface area (Å²) < 4.78 is 0. The quantitative estimate of drug-likeness (QED) is 0.848. The summed E-state index contributed by atoms with van der Waals surface area (Å²) >= 11 is 1.75. The van der Waals surface area contributed by atoms with Crippen molar-refractivity contribution in [2.24, 2.45) is 5.92 Å². The summed E-state index contributed by atoms with van der Waals surface area (Å²) in [7, 11) is 0. The largest absolute Gasteiger partial charge is 0.393 e. The van der Waals surface area contributed by atoms with Gasteiger partial charge in [-0.15, -0.1) is 11.3 Å². The predicted molar refractivity (Wildman–Crippen MR) is 71.2 cm³/mol. The lowest BCUT2D eigenvalue weighted by molar-refractivity contribution is 0.108. The summed E-state index contributed by atoms with van der Waals surface area (Å²) in [5.74, 6) is 0.739. The lowest BCUT2D eigenvalue weighted by atomic mass is 9.87. The Bertz CT molecular complexity index is 332. The molecular formula is C13H22N2OS. The van der Waals surface area contributed by atoms with Crippen molar-refractivity contribution in [3.63, 3.8) is 0 Å². The minimum atomic E-state index is -0.0445. The molecule has 4 heteroatoms. The Hall–Kier alpha value is -0.450. The first-order valence-electron chi connectivity index (χ1n) is 6.60. The minimum Gasteiger partial charge on any atom is -0.393 e. The van der Waals surface area contributed by atoms with Crippen molar-refractivity contribution in [3.05, 3.63) is 16.1 Å². The second kappa shape index (κ2) is 6.47. The fourth-order valence-corrected chi connectivity index (χ4v) is 3.09. The molecule has 96 valence electrons. The zero-order valence-corrected chi connectivity index (χ0v) is 11.3. The number of aromatic nitrogens is 1. The van der Waals surface area contributed by atoms with E-state index in [2.05, 4.69) is 22.6 Å². The van der Waals surface area contributed by atoms with Crippen molar-refractivity contribution >= 4 is 11.3 Å². The van der Waals surface area contributed by atoms with Gasteiger partial charge in [0.05, 0.1) is 16.8 Å². The third-order valence-corrected chi connectivity index (χ3v) is 4.50. The van der Waals surface area contributed by atoms with Crippen LogP contribution in [0, 0.1) is 5.92 Å². The standard InChI is InChI=1S/C13H22N2OS/c1-2-13-15-11(9-17-13)8-14-7-10-3-5-12(16)6-4-10/h9-10,12,14,16H,2-8H2,1H3. The topological polar surface area (TPSA) is 45.2 Å². The molecule has 0 amide bonds. The van der Waals surface area contributed by atoms with Gasteiger partial charge in [0.2, 0.25) is 0 Å². The maximum atomic E-state index is 9.43. The van der Waals surface area contributed by atoms with Gasteiger partial charge in [0, 0.05) is 11.9 Å². The van der Waals surface area contributed by atoms with Crippen LogP contribution >= 0.6 is 11.3 Å². The van der Waals surface area contributed by atoms with Crippen LogP contribution in [-0.4, -0.2) is 22.7 Å². The average Bonchev–Trinajstić information content (AvgIpc) is 2.80. The first-order valence-corrected chi connectivity index (χ1v) is 7.48. The molecule has 2 N–H and O–H groups in total. The lowest BCUT2D eigenvalue weighted by Crippen LogP contribution is -2.27. The Kier molecular flexibility index (Phi) is 4.95. The second-order valence-corrected chi connectivity index (χ2v) is 5.83. The molecule has 0 spiro atoms. The van der Waals surface area contributed by atoms with Crippen LogP contribution in [0.2, 0.25) is 0 Å². The van der Waals surface area contributed by atoms with E-state index in [1.807, 2.05) is 0 Å². The number of aliphatic hydroxyl groups excluding tert-OH is 1. The molecule has 1 aliphatic rings. The average molecular weight is 254 g/mol. The number of thiazole rings is 1. The van der Waals surface area contributed by atoms with Crippen LogP contribution in [-0.2, 0) is 13.0 Å². The molecule has 1 heterocycles. The SMILES string of the molecule is CCc1nc(CNCC2CCC(O)CC2)cs1. The van der Waals surface area contributed by atoms with Gasteiger partial charge in [-0.1, -0.05) is 6.92 Å². The van der Waals surface area contributed by atoms with E-state index in [1.54, 1.807) is 11.3 Å². The first-order chi connectivity index (χ1) is 8.28. The van der Waals surface area contributed by atoms with Gasteiger partial charge in [-0.2, -0.15) is 0 Å². The summed E-state index contributed by atoms with van der Waals surface area (Å²) in [6.07, 6.45) is 5.26. The van der Waals surface area contributed by atoms with Crippen LogP contribution in [0.15, 0.2) is 5.38 Å². The van der Waals surface area contributed by atoms with Crippen molar-refractivity contribution in [2.75, 3.05) is 6.54 Å². The Labute approximate surface area is 107 Å². The molecule has 0 radical (unpaired) electrons. The molecule has 0 atom stereocenters. The highest BCUT2D eigenvalue weighted by Gasteiger charge is 2.18. The Balaban J connectivity index is 1.65. The van der Waals surface area contributed by atoms with E-state index < -0.39 is 0 Å². The summed E-state index contributed by atoms with van der Waals surface area (Å²) in [4.78, 5) is 4.54. The smallest absolute Gasteiger partial charge is 0.0926 e. The molecule has 0 saturated heterocycles. The molecule has 0 unspecified atom stereocenters. The lowest BCUT2D eigenvalue weighted by Gasteiger charge is -2.25. The van der Waals surface area contributed by atoms with E-state index in [9.17, 15) is 5.11 Å². The monoisotopic (exact) mass is 254 g/mol. The maximum Gasteiger partial charge on any atom is 0.0926 e. The van der Waals surface area contributed by atoms with Gasteiger partial charge >= 0.3 is 0 Å². The number of hydrogen-bond acceptors (Lipinski definition) is 4. The second-order valence-electron chi connectivity index (χ2n) is 4.89. The maximum absolute atomic E-state index is 9.43. The van der Waals surface area contributed by atoms with Crippen LogP contribution < -0.4 is 5.32 Å². The predicted octanol–water partition coefficient (Wildman–Crippen LogP) is 2.35. The van der Waals surface area contributed by atoms with Gasteiger partial charge in [0.15, 0.2) is 0 Å². The van der Waals surface area contributed by atoms with Crippen molar-refractivity contribution in [1.29, 1.82) is 0 Å². The van der Waals surface area contributed by atoms with Gasteiger partial charge < -0.3 is 10.4 Å². The number of rotatable bonds is 5. The van der Waals surface area contributed by atoms with Gasteiger partial charge in [-0.3, -0.25) is 0 Å². The number of nitrogens with one attached hydrogen (secondary N) is 1. The van der Waals surface area contributed by atoms with E-state index in [-0.39, 0.29) is 6.10 Å². The van der Waals surface area contributed by atoms with Crippen molar-refractivity contribution in [2.45, 2.75) is 51.7 Å². The third-order valence-electron chi connectivity index (χ3n) is 3.46. The van der Waals surface area contributed by atoms with Gasteiger partial charge in [-0.25, -0.2) is 4.98 Å². The van der Waals surface area contributed by atoms with Crippen molar-refractivity contribution < 1.29 is 5.11 Å². The third kappa shape index (κ3) is 4.05. The summed E-state index contributed by atoms with van der Waals surface area (Å²) in [5.41, 5.74) is 1.17. The van der Waals surface area contributed by atoms with Crippen LogP contribution in [0.25, 0.3) is 0 Å². The molecule has 1 fully saturated rings. The van der Waals surface area contributed by atoms with Crippen LogP contribution in [0.1, 0.15) is 43.3 Å². The summed E-state index contributed by atoms with van der Waals surface area (Å²) in [6.45, 7) is 4.09. The zero-order valence-electron chi connectivity index (χ0n) is 10.5. The number of aryl methyl sites for hydroxylation is 1. The fraction of sp³-hybridized carbons (Fsp3) is 0.769. The van der Waals surface area contributed by atoms with Gasteiger partial charge in [-0.05, 0) is 44.6 Å². The number of hydrogen-bond donors (Lipinski definition) is 2. The van der Waals surface area contributed by atoms with Crippen LogP contribution in [0.5, 0.6) is 0 Å². The summed E-state index contributed by atoms with van der Waals surface area (Å²) in [6, 6.07) is 0. The highest BCUT2D eigenvalue weighted by Crippen LogP contribution is 2.23. The Morgan fingerprint density at radius 2 is 2.18 bits per heavy atom. The molecule has 0 aliphatic heterocycles. The first kappa shape index (κ1) is 13.0. The minimum absolute atomic E-state index is 0.0445. The van der Waals surface area contributed by atoms with Gasteiger partial charge in [0.25, 0.3) is 0 Å². The van der Waals surface area contributed by atoms with E-state index >= 15 is 0 Å². The molecule has 1 aliphatic carbocycles. The Morgan fingerprint density at radius 1 is 1.41 bits per heavy atom. The highest BCUT2D eigenvalue weighted by molar-refractivity contribution is 7.09. The Morgan fingerprint density at radius 3 is 2.82 bits per heavy atom. The molecule has 1 aromatic heterocycles. The van der Waals surface area contributed by atoms with Crippen LogP contribution in [0.4, 0.5) is 0 Å². The zero-order chi connectivity index (χ0) is 12.1. The summed E-state index contributed by atoms with van der Waals surface area (Å²) in [5, 5.41) is 16.3. The molecule has 0 aromatic carbocycles. The number of nitrogens with zero attached hydrogens (tertiary/aromatic N) is 1. The van der Waals surface area contributed by atoms with E-state index in [0.717, 1.165) is 51.1 Å². The molecule has 1 saturated carbocycles. The van der Waals surface area contributed by atoms with E-state index in [0.29, 0.717) is 0 Å². The highest BCUT2D eigenvalue weighted by atomic mass is 32.1. The molecule has 17 heavy (non-hydrogen) atoms. The van der Waals surface area contributed by atoms with E-state index in [1.165, 1.54) is 10.7 Å². The molecule has 3 nitrogen and oxygen atoms in total. The van der Waals surface area contributed by atoms with Crippen molar-refractivity contribution in [3.8, 4) is 0 Å².